The van der Waals surface area contributed by atoms with Gasteiger partial charge in [0.15, 0.2) is 5.82 Å². The van der Waals surface area contributed by atoms with Crippen LogP contribution in [0, 0.1) is 11.3 Å². The van der Waals surface area contributed by atoms with E-state index >= 15 is 0 Å². The molecule has 7 nitrogen and oxygen atoms in total. The molecular weight excluding hydrogens is 316 g/mol. The Morgan fingerprint density at radius 3 is 3.00 bits per heavy atom. The van der Waals surface area contributed by atoms with Gasteiger partial charge in [-0.3, -0.25) is 9.99 Å². The van der Waals surface area contributed by atoms with Crippen LogP contribution in [0.15, 0.2) is 47.1 Å². The van der Waals surface area contributed by atoms with Crippen LogP contribution >= 0.6 is 0 Å². The summed E-state index contributed by atoms with van der Waals surface area (Å²) in [5.41, 5.74) is 7.96. The molecule has 1 aliphatic carbocycles. The minimum atomic E-state index is -0.375. The smallest absolute Gasteiger partial charge is 0.150 e. The van der Waals surface area contributed by atoms with E-state index in [0.717, 1.165) is 35.7 Å². The Bertz CT molecular complexity index is 787. The minimum Gasteiger partial charge on any atom is -0.488 e. The van der Waals surface area contributed by atoms with Crippen molar-refractivity contribution in [1.82, 2.24) is 9.99 Å². The average Bonchev–Trinajstić information content (AvgIpc) is 3.23. The molecule has 0 radical (unpaired) electrons. The summed E-state index contributed by atoms with van der Waals surface area (Å²) in [6.07, 6.45) is 13.7. The van der Waals surface area contributed by atoms with Crippen molar-refractivity contribution < 1.29 is 4.74 Å². The zero-order valence-corrected chi connectivity index (χ0v) is 13.9. The molecule has 128 valence electrons. The lowest BCUT2D eigenvalue weighted by molar-refractivity contribution is 0.208. The van der Waals surface area contributed by atoms with Crippen LogP contribution < -0.4 is 15.5 Å². The third kappa shape index (κ3) is 2.96. The topological polar surface area (TPSA) is 90.8 Å². The number of hydrogen-bond acceptors (Lipinski definition) is 7. The molecule has 1 unspecified atom stereocenters. The lowest BCUT2D eigenvalue weighted by Crippen LogP contribution is -2.45. The first-order valence-corrected chi connectivity index (χ1v) is 8.54. The fourth-order valence-corrected chi connectivity index (χ4v) is 3.41. The highest BCUT2D eigenvalue weighted by Crippen LogP contribution is 2.37. The van der Waals surface area contributed by atoms with Gasteiger partial charge < -0.3 is 10.5 Å². The zero-order valence-electron chi connectivity index (χ0n) is 13.9. The van der Waals surface area contributed by atoms with Gasteiger partial charge in [0.05, 0.1) is 24.8 Å². The molecule has 1 atom stereocenters. The lowest BCUT2D eigenvalue weighted by Gasteiger charge is -2.34. The van der Waals surface area contributed by atoms with Crippen LogP contribution in [0.25, 0.3) is 0 Å². The number of ether oxygens (including phenoxy) is 1. The molecule has 0 bridgehead atoms. The summed E-state index contributed by atoms with van der Waals surface area (Å²) in [5.74, 6) is 1.52. The molecule has 3 aliphatic rings. The quantitative estimate of drug-likeness (QED) is 0.908. The van der Waals surface area contributed by atoms with Crippen LogP contribution in [0.3, 0.4) is 0 Å². The predicted molar refractivity (Wildman–Crippen MR) is 94.3 cm³/mol. The summed E-state index contributed by atoms with van der Waals surface area (Å²) >= 11 is 0. The molecule has 2 aliphatic heterocycles. The second kappa shape index (κ2) is 6.57. The van der Waals surface area contributed by atoms with E-state index in [1.54, 1.807) is 18.6 Å². The van der Waals surface area contributed by atoms with Crippen molar-refractivity contribution >= 4 is 11.9 Å². The average molecular weight is 336 g/mol. The highest BCUT2D eigenvalue weighted by Gasteiger charge is 2.33. The normalized spacial score (nSPS) is 22.5. The molecule has 1 saturated carbocycles. The van der Waals surface area contributed by atoms with E-state index in [0.29, 0.717) is 6.42 Å². The first kappa shape index (κ1) is 15.7. The molecule has 1 aromatic heterocycles. The van der Waals surface area contributed by atoms with Gasteiger partial charge in [0.2, 0.25) is 0 Å². The van der Waals surface area contributed by atoms with E-state index in [9.17, 15) is 0 Å². The van der Waals surface area contributed by atoms with E-state index in [4.69, 9.17) is 15.7 Å². The third-order valence-electron chi connectivity index (χ3n) is 4.61. The Morgan fingerprint density at radius 1 is 1.36 bits per heavy atom. The number of aromatic nitrogens is 1. The molecule has 0 saturated heterocycles. The number of hydrazine groups is 1. The summed E-state index contributed by atoms with van der Waals surface area (Å²) in [6, 6.07) is 4.03. The van der Waals surface area contributed by atoms with E-state index in [-0.39, 0.29) is 12.3 Å². The maximum absolute atomic E-state index is 8.94. The fraction of sp³-hybridized carbons (Fsp3) is 0.389. The Morgan fingerprint density at radius 2 is 2.20 bits per heavy atom. The van der Waals surface area contributed by atoms with Crippen LogP contribution in [-0.2, 0) is 0 Å². The summed E-state index contributed by atoms with van der Waals surface area (Å²) in [6.45, 7) is 0. The fourth-order valence-electron chi connectivity index (χ4n) is 3.41. The van der Waals surface area contributed by atoms with Gasteiger partial charge in [0.1, 0.15) is 17.6 Å². The highest BCUT2D eigenvalue weighted by atomic mass is 16.5. The van der Waals surface area contributed by atoms with Gasteiger partial charge in [0, 0.05) is 30.3 Å². The highest BCUT2D eigenvalue weighted by molar-refractivity contribution is 5.81. The molecular formula is C18H20N6O. The largest absolute Gasteiger partial charge is 0.488 e. The standard InChI is InChI=1S/C18H20N6O/c19-7-5-13-10-22-18-9-17(20)24(23(18)12-13)15-11-21-8-6-16(15)25-14-3-1-2-4-14/h6,8-12,14,17H,1-5,20H2. The molecule has 4 rings (SSSR count). The van der Waals surface area contributed by atoms with E-state index in [2.05, 4.69) is 16.0 Å². The van der Waals surface area contributed by atoms with E-state index < -0.39 is 0 Å². The van der Waals surface area contributed by atoms with Crippen LogP contribution in [0.4, 0.5) is 5.69 Å². The Kier molecular flexibility index (Phi) is 4.12. The van der Waals surface area contributed by atoms with E-state index in [1.165, 1.54) is 12.8 Å². The van der Waals surface area contributed by atoms with Crippen molar-refractivity contribution in [3.63, 3.8) is 0 Å². The van der Waals surface area contributed by atoms with Crippen molar-refractivity contribution in [2.45, 2.75) is 44.4 Å². The molecule has 3 heterocycles. The first-order valence-electron chi connectivity index (χ1n) is 8.54. The van der Waals surface area contributed by atoms with Crippen LogP contribution in [0.2, 0.25) is 0 Å². The van der Waals surface area contributed by atoms with Crippen LogP contribution in [0.5, 0.6) is 5.75 Å². The van der Waals surface area contributed by atoms with Gasteiger partial charge in [-0.1, -0.05) is 0 Å². The number of fused-ring (bicyclic) bond motifs is 1. The zero-order chi connectivity index (χ0) is 17.2. The van der Waals surface area contributed by atoms with Crippen molar-refractivity contribution in [2.24, 2.45) is 10.7 Å². The van der Waals surface area contributed by atoms with Crippen molar-refractivity contribution in [1.29, 1.82) is 5.26 Å². The van der Waals surface area contributed by atoms with Gasteiger partial charge in [-0.05, 0) is 31.8 Å². The monoisotopic (exact) mass is 336 g/mol. The summed E-state index contributed by atoms with van der Waals surface area (Å²) < 4.78 is 6.22. The first-order chi connectivity index (χ1) is 12.3. The maximum atomic E-state index is 8.94. The Hall–Kier alpha value is -2.85. The number of pyridine rings is 1. The van der Waals surface area contributed by atoms with Gasteiger partial charge >= 0.3 is 0 Å². The van der Waals surface area contributed by atoms with Gasteiger partial charge in [-0.25, -0.2) is 10.0 Å². The van der Waals surface area contributed by atoms with Crippen molar-refractivity contribution in [3.8, 4) is 11.8 Å². The molecule has 0 aromatic carbocycles. The maximum Gasteiger partial charge on any atom is 0.150 e. The minimum absolute atomic E-state index is 0.247. The number of rotatable bonds is 4. The molecule has 1 aromatic rings. The Labute approximate surface area is 146 Å². The molecule has 7 heteroatoms. The number of allylic oxidation sites excluding steroid dienone is 1. The number of hydrogen-bond donors (Lipinski definition) is 1. The molecule has 2 N–H and O–H groups in total. The third-order valence-corrected chi connectivity index (χ3v) is 4.61. The molecule has 25 heavy (non-hydrogen) atoms. The van der Waals surface area contributed by atoms with Crippen molar-refractivity contribution in [2.75, 3.05) is 5.01 Å². The summed E-state index contributed by atoms with van der Waals surface area (Å²) in [4.78, 5) is 8.66. The number of nitriles is 1. The second-order valence-electron chi connectivity index (χ2n) is 6.37. The molecule has 0 amide bonds. The number of anilines is 1. The molecule has 1 fully saturated rings. The second-order valence-corrected chi connectivity index (χ2v) is 6.37. The lowest BCUT2D eigenvalue weighted by atomic mass is 10.2. The van der Waals surface area contributed by atoms with Crippen LogP contribution in [-0.4, -0.2) is 28.5 Å². The predicted octanol–water partition coefficient (Wildman–Crippen LogP) is 2.45. The van der Waals surface area contributed by atoms with Gasteiger partial charge in [-0.15, -0.1) is 0 Å². The number of nitrogens with two attached hydrogens (primary N) is 1. The van der Waals surface area contributed by atoms with Crippen molar-refractivity contribution in [3.05, 3.63) is 42.1 Å². The number of aliphatic imine (C=N–C) groups is 1. The summed E-state index contributed by atoms with van der Waals surface area (Å²) in [5, 5.41) is 12.7. The molecule has 0 spiro atoms. The Balaban J connectivity index is 1.65. The number of nitrogens with zero attached hydrogens (tertiary/aromatic N) is 5. The van der Waals surface area contributed by atoms with E-state index in [1.807, 2.05) is 28.4 Å². The SMILES string of the molecule is N#CCC1=CN2C(=CC(N)N2c2cnccc2OC2CCCC2)N=C1. The van der Waals surface area contributed by atoms with Crippen LogP contribution in [0.1, 0.15) is 32.1 Å². The summed E-state index contributed by atoms with van der Waals surface area (Å²) in [7, 11) is 0. The van der Waals surface area contributed by atoms with Gasteiger partial charge in [-0.2, -0.15) is 5.26 Å². The van der Waals surface area contributed by atoms with Gasteiger partial charge in [0.25, 0.3) is 0 Å².